The van der Waals surface area contributed by atoms with E-state index in [4.69, 9.17) is 5.73 Å². The molecular weight excluding hydrogens is 244 g/mol. The minimum atomic E-state index is 0.692. The Labute approximate surface area is 124 Å². The predicted molar refractivity (Wildman–Crippen MR) is 85.5 cm³/mol. The molecule has 0 bridgehead atoms. The molecule has 0 aliphatic heterocycles. The molecule has 3 unspecified atom stereocenters. The van der Waals surface area contributed by atoms with Crippen molar-refractivity contribution in [2.45, 2.75) is 52.9 Å². The van der Waals surface area contributed by atoms with Crippen LogP contribution in [0.3, 0.4) is 0 Å². The van der Waals surface area contributed by atoms with Crippen LogP contribution in [-0.4, -0.2) is 11.5 Å². The second-order valence-electron chi connectivity index (χ2n) is 6.79. The van der Waals surface area contributed by atoms with Gasteiger partial charge in [0.2, 0.25) is 0 Å². The molecule has 0 aromatic carbocycles. The molecule has 1 saturated carbocycles. The zero-order valence-corrected chi connectivity index (χ0v) is 13.3. The monoisotopic (exact) mass is 274 g/mol. The van der Waals surface area contributed by atoms with Crippen molar-refractivity contribution < 1.29 is 0 Å². The predicted octanol–water partition coefficient (Wildman–Crippen LogP) is 3.83. The van der Waals surface area contributed by atoms with Crippen LogP contribution < -0.4 is 5.73 Å². The lowest BCUT2D eigenvalue weighted by molar-refractivity contribution is 0.150. The number of nitrogens with zero attached hydrogens (tertiary/aromatic N) is 1. The number of nitrogens with two attached hydrogens (primary N) is 1. The minimum absolute atomic E-state index is 0.692. The second-order valence-corrected chi connectivity index (χ2v) is 6.79. The maximum absolute atomic E-state index is 5.99. The molecule has 2 heteroatoms. The van der Waals surface area contributed by atoms with Crippen LogP contribution in [0.25, 0.3) is 0 Å². The van der Waals surface area contributed by atoms with E-state index in [1.54, 1.807) is 0 Å². The maximum Gasteiger partial charge on any atom is 0.0406 e. The standard InChI is InChI=1S/C18H30N2/c1-4-14-5-8-18(20-12-14)10-17-9-15(13(2)3)6-7-16(17)11-19/h5,8,12-13,15-17H,4,6-7,9-11,19H2,1-3H3. The Balaban J connectivity index is 2.02. The van der Waals surface area contributed by atoms with Crippen molar-refractivity contribution in [3.8, 4) is 0 Å². The number of pyridine rings is 1. The van der Waals surface area contributed by atoms with Crippen LogP contribution in [0.15, 0.2) is 18.3 Å². The Morgan fingerprint density at radius 2 is 2.05 bits per heavy atom. The summed E-state index contributed by atoms with van der Waals surface area (Å²) >= 11 is 0. The molecule has 0 spiro atoms. The first-order chi connectivity index (χ1) is 9.63. The van der Waals surface area contributed by atoms with Gasteiger partial charge >= 0.3 is 0 Å². The van der Waals surface area contributed by atoms with Crippen LogP contribution in [0.4, 0.5) is 0 Å². The molecule has 2 rings (SSSR count). The number of hydrogen-bond acceptors (Lipinski definition) is 2. The van der Waals surface area contributed by atoms with E-state index in [2.05, 4.69) is 37.9 Å². The van der Waals surface area contributed by atoms with E-state index in [1.165, 1.54) is 30.5 Å². The largest absolute Gasteiger partial charge is 0.330 e. The molecule has 0 radical (unpaired) electrons. The fourth-order valence-corrected chi connectivity index (χ4v) is 3.58. The second kappa shape index (κ2) is 7.21. The third-order valence-electron chi connectivity index (χ3n) is 5.19. The Hall–Kier alpha value is -0.890. The Morgan fingerprint density at radius 3 is 2.60 bits per heavy atom. The quantitative estimate of drug-likeness (QED) is 0.886. The first-order valence-corrected chi connectivity index (χ1v) is 8.27. The summed E-state index contributed by atoms with van der Waals surface area (Å²) in [5.41, 5.74) is 8.57. The van der Waals surface area contributed by atoms with Crippen LogP contribution in [0.2, 0.25) is 0 Å². The molecule has 1 heterocycles. The number of hydrogen-bond donors (Lipinski definition) is 1. The van der Waals surface area contributed by atoms with Crippen molar-refractivity contribution in [3.63, 3.8) is 0 Å². The molecule has 2 N–H and O–H groups in total. The topological polar surface area (TPSA) is 38.9 Å². The normalized spacial score (nSPS) is 26.9. The Bertz CT molecular complexity index is 396. The lowest BCUT2D eigenvalue weighted by atomic mass is 9.69. The fourth-order valence-electron chi connectivity index (χ4n) is 3.58. The van der Waals surface area contributed by atoms with Crippen molar-refractivity contribution in [1.82, 2.24) is 4.98 Å². The Kier molecular flexibility index (Phi) is 5.59. The minimum Gasteiger partial charge on any atom is -0.330 e. The number of aryl methyl sites for hydroxylation is 1. The number of rotatable bonds is 5. The lowest BCUT2D eigenvalue weighted by Crippen LogP contribution is -2.33. The van der Waals surface area contributed by atoms with Gasteiger partial charge < -0.3 is 5.73 Å². The van der Waals surface area contributed by atoms with Crippen LogP contribution in [0.1, 0.15) is 51.3 Å². The van der Waals surface area contributed by atoms with Gasteiger partial charge in [0.05, 0.1) is 0 Å². The molecule has 2 nitrogen and oxygen atoms in total. The SMILES string of the molecule is CCc1ccc(CC2CC(C(C)C)CCC2CN)nc1. The third kappa shape index (κ3) is 3.82. The smallest absolute Gasteiger partial charge is 0.0406 e. The summed E-state index contributed by atoms with van der Waals surface area (Å²) in [5, 5.41) is 0. The maximum atomic E-state index is 5.99. The van der Waals surface area contributed by atoms with Crippen LogP contribution in [-0.2, 0) is 12.8 Å². The average Bonchev–Trinajstić information content (AvgIpc) is 2.48. The van der Waals surface area contributed by atoms with Crippen LogP contribution in [0.5, 0.6) is 0 Å². The highest BCUT2D eigenvalue weighted by Crippen LogP contribution is 2.38. The fraction of sp³-hybridized carbons (Fsp3) is 0.722. The molecule has 1 aromatic rings. The molecule has 1 aromatic heterocycles. The first kappa shape index (κ1) is 15.5. The van der Waals surface area contributed by atoms with Gasteiger partial charge in [0.25, 0.3) is 0 Å². The molecular formula is C18H30N2. The van der Waals surface area contributed by atoms with E-state index in [0.29, 0.717) is 5.92 Å². The van der Waals surface area contributed by atoms with Crippen molar-refractivity contribution in [2.75, 3.05) is 6.54 Å². The van der Waals surface area contributed by atoms with Crippen LogP contribution in [0, 0.1) is 23.7 Å². The van der Waals surface area contributed by atoms with E-state index in [9.17, 15) is 0 Å². The summed E-state index contributed by atoms with van der Waals surface area (Å²) in [6, 6.07) is 4.44. The van der Waals surface area contributed by atoms with E-state index in [0.717, 1.165) is 37.1 Å². The van der Waals surface area contributed by atoms with Crippen molar-refractivity contribution in [2.24, 2.45) is 29.4 Å². The van der Waals surface area contributed by atoms with Gasteiger partial charge in [-0.3, -0.25) is 4.98 Å². The van der Waals surface area contributed by atoms with Gasteiger partial charge in [-0.25, -0.2) is 0 Å². The zero-order valence-electron chi connectivity index (χ0n) is 13.3. The molecule has 3 atom stereocenters. The molecule has 20 heavy (non-hydrogen) atoms. The van der Waals surface area contributed by atoms with Gasteiger partial charge in [0, 0.05) is 11.9 Å². The summed E-state index contributed by atoms with van der Waals surface area (Å²) in [5.74, 6) is 3.09. The van der Waals surface area contributed by atoms with Gasteiger partial charge in [-0.2, -0.15) is 0 Å². The summed E-state index contributed by atoms with van der Waals surface area (Å²) in [7, 11) is 0. The van der Waals surface area contributed by atoms with Gasteiger partial charge in [-0.05, 0) is 74.0 Å². The van der Waals surface area contributed by atoms with Gasteiger partial charge in [0.15, 0.2) is 0 Å². The first-order valence-electron chi connectivity index (χ1n) is 8.27. The van der Waals surface area contributed by atoms with E-state index in [-0.39, 0.29) is 0 Å². The summed E-state index contributed by atoms with van der Waals surface area (Å²) in [6.07, 6.45) is 8.20. The van der Waals surface area contributed by atoms with Crippen molar-refractivity contribution in [1.29, 1.82) is 0 Å². The highest BCUT2D eigenvalue weighted by Gasteiger charge is 2.31. The molecule has 1 fully saturated rings. The molecule has 1 aliphatic carbocycles. The summed E-state index contributed by atoms with van der Waals surface area (Å²) < 4.78 is 0. The molecule has 112 valence electrons. The lowest BCUT2D eigenvalue weighted by Gasteiger charge is -2.37. The van der Waals surface area contributed by atoms with Gasteiger partial charge in [-0.1, -0.05) is 26.8 Å². The highest BCUT2D eigenvalue weighted by molar-refractivity contribution is 5.14. The molecule has 0 amide bonds. The third-order valence-corrected chi connectivity index (χ3v) is 5.19. The van der Waals surface area contributed by atoms with E-state index in [1.807, 2.05) is 6.20 Å². The van der Waals surface area contributed by atoms with E-state index < -0.39 is 0 Å². The number of aromatic nitrogens is 1. The molecule has 1 aliphatic rings. The van der Waals surface area contributed by atoms with Gasteiger partial charge in [-0.15, -0.1) is 0 Å². The van der Waals surface area contributed by atoms with Crippen LogP contribution >= 0.6 is 0 Å². The zero-order chi connectivity index (χ0) is 14.5. The summed E-state index contributed by atoms with van der Waals surface area (Å²) in [6.45, 7) is 7.73. The summed E-state index contributed by atoms with van der Waals surface area (Å²) in [4.78, 5) is 4.64. The van der Waals surface area contributed by atoms with Crippen molar-refractivity contribution in [3.05, 3.63) is 29.6 Å². The molecule has 0 saturated heterocycles. The van der Waals surface area contributed by atoms with Crippen molar-refractivity contribution >= 4 is 0 Å². The average molecular weight is 274 g/mol. The van der Waals surface area contributed by atoms with E-state index >= 15 is 0 Å². The Morgan fingerprint density at radius 1 is 1.25 bits per heavy atom. The van der Waals surface area contributed by atoms with Gasteiger partial charge in [0.1, 0.15) is 0 Å². The highest BCUT2D eigenvalue weighted by atomic mass is 14.7.